The molecule has 2 N–H and O–H groups in total. The molecule has 1 aromatic rings. The van der Waals surface area contributed by atoms with Gasteiger partial charge in [0.1, 0.15) is 6.07 Å². The predicted molar refractivity (Wildman–Crippen MR) is 85.9 cm³/mol. The van der Waals surface area contributed by atoms with Crippen molar-refractivity contribution in [2.45, 2.75) is 26.2 Å². The molecular formula is C17H21N3O2. The Hall–Kier alpha value is -2.48. The number of nitrogens with zero attached hydrogens (tertiary/aromatic N) is 2. The lowest BCUT2D eigenvalue weighted by Crippen LogP contribution is -2.29. The van der Waals surface area contributed by atoms with Crippen LogP contribution in [0.2, 0.25) is 0 Å². The van der Waals surface area contributed by atoms with Crippen molar-refractivity contribution in [2.24, 2.45) is 5.73 Å². The van der Waals surface area contributed by atoms with Crippen LogP contribution >= 0.6 is 0 Å². The third-order valence-electron chi connectivity index (χ3n) is 3.76. The maximum absolute atomic E-state index is 11.7. The number of rotatable bonds is 4. The summed E-state index contributed by atoms with van der Waals surface area (Å²) in [7, 11) is 0. The lowest BCUT2D eigenvalue weighted by atomic mass is 10.1. The van der Waals surface area contributed by atoms with Crippen molar-refractivity contribution in [3.63, 3.8) is 0 Å². The van der Waals surface area contributed by atoms with E-state index in [1.807, 2.05) is 30.3 Å². The average molecular weight is 299 g/mol. The van der Waals surface area contributed by atoms with Crippen LogP contribution in [0.15, 0.2) is 29.8 Å². The van der Waals surface area contributed by atoms with Crippen molar-refractivity contribution in [2.75, 3.05) is 24.6 Å². The maximum atomic E-state index is 11.7. The van der Waals surface area contributed by atoms with Crippen LogP contribution in [0.3, 0.4) is 0 Å². The number of carbonyl (C=O) groups excluding carboxylic acids is 1. The van der Waals surface area contributed by atoms with Crippen molar-refractivity contribution in [1.82, 2.24) is 0 Å². The van der Waals surface area contributed by atoms with Gasteiger partial charge in [-0.25, -0.2) is 4.79 Å². The summed E-state index contributed by atoms with van der Waals surface area (Å²) < 4.78 is 4.85. The fraction of sp³-hybridized carbons (Fsp3) is 0.412. The lowest BCUT2D eigenvalue weighted by molar-refractivity contribution is -0.137. The Morgan fingerprint density at radius 3 is 2.45 bits per heavy atom. The SMILES string of the molecule is CCOC(=O)/C(C#N)=C(\N)c1ccc(N2CCCCC2)cc1. The first kappa shape index (κ1) is 15.9. The molecule has 1 aromatic carbocycles. The second-order valence-corrected chi connectivity index (χ2v) is 5.22. The van der Waals surface area contributed by atoms with E-state index in [1.54, 1.807) is 6.92 Å². The molecule has 0 radical (unpaired) electrons. The van der Waals surface area contributed by atoms with Crippen molar-refractivity contribution < 1.29 is 9.53 Å². The molecule has 1 aliphatic heterocycles. The highest BCUT2D eigenvalue weighted by molar-refractivity contribution is 6.01. The van der Waals surface area contributed by atoms with Crippen molar-refractivity contribution in [3.8, 4) is 6.07 Å². The third-order valence-corrected chi connectivity index (χ3v) is 3.76. The van der Waals surface area contributed by atoms with Crippen LogP contribution in [0.25, 0.3) is 5.70 Å². The van der Waals surface area contributed by atoms with Crippen LogP contribution in [-0.2, 0) is 9.53 Å². The van der Waals surface area contributed by atoms with E-state index < -0.39 is 5.97 Å². The summed E-state index contributed by atoms with van der Waals surface area (Å²) in [5.41, 5.74) is 7.77. The predicted octanol–water partition coefficient (Wildman–Crippen LogP) is 2.43. The number of benzene rings is 1. The van der Waals surface area contributed by atoms with Gasteiger partial charge < -0.3 is 15.4 Å². The number of anilines is 1. The van der Waals surface area contributed by atoms with Gasteiger partial charge in [-0.2, -0.15) is 5.26 Å². The number of nitrogens with two attached hydrogens (primary N) is 1. The van der Waals surface area contributed by atoms with Gasteiger partial charge in [0, 0.05) is 18.8 Å². The number of hydrogen-bond donors (Lipinski definition) is 1. The largest absolute Gasteiger partial charge is 0.462 e. The smallest absolute Gasteiger partial charge is 0.351 e. The molecule has 0 atom stereocenters. The molecule has 0 amide bonds. The summed E-state index contributed by atoms with van der Waals surface area (Å²) in [5.74, 6) is -0.678. The van der Waals surface area contributed by atoms with Gasteiger partial charge >= 0.3 is 5.97 Å². The van der Waals surface area contributed by atoms with Gasteiger partial charge in [-0.1, -0.05) is 12.1 Å². The lowest BCUT2D eigenvalue weighted by Gasteiger charge is -2.28. The van der Waals surface area contributed by atoms with Crippen molar-refractivity contribution >= 4 is 17.4 Å². The van der Waals surface area contributed by atoms with Crippen molar-refractivity contribution in [3.05, 3.63) is 35.4 Å². The summed E-state index contributed by atoms with van der Waals surface area (Å²) in [5, 5.41) is 9.12. The van der Waals surface area contributed by atoms with E-state index in [1.165, 1.54) is 19.3 Å². The number of piperidine rings is 1. The molecule has 5 heteroatoms. The van der Waals surface area contributed by atoms with Gasteiger partial charge in [0.25, 0.3) is 0 Å². The molecule has 0 unspecified atom stereocenters. The normalized spacial score (nSPS) is 15.7. The van der Waals surface area contributed by atoms with Crippen molar-refractivity contribution in [1.29, 1.82) is 5.26 Å². The van der Waals surface area contributed by atoms with Gasteiger partial charge in [-0.15, -0.1) is 0 Å². The van der Waals surface area contributed by atoms with Crippen LogP contribution < -0.4 is 10.6 Å². The summed E-state index contributed by atoms with van der Waals surface area (Å²) in [4.78, 5) is 14.0. The Balaban J connectivity index is 2.21. The topological polar surface area (TPSA) is 79.3 Å². The van der Waals surface area contributed by atoms with Gasteiger partial charge in [0.05, 0.1) is 12.3 Å². The molecule has 0 bridgehead atoms. The summed E-state index contributed by atoms with van der Waals surface area (Å²) in [6.45, 7) is 4.04. The first-order chi connectivity index (χ1) is 10.7. The molecule has 22 heavy (non-hydrogen) atoms. The van der Waals surface area contributed by atoms with Gasteiger partial charge in [-0.3, -0.25) is 0 Å². The number of esters is 1. The Bertz CT molecular complexity index is 593. The fourth-order valence-electron chi connectivity index (χ4n) is 2.57. The van der Waals surface area contributed by atoms with Crippen LogP contribution in [-0.4, -0.2) is 25.7 Å². The second kappa shape index (κ2) is 7.51. The average Bonchev–Trinajstić information content (AvgIpc) is 2.56. The number of nitriles is 1. The summed E-state index contributed by atoms with van der Waals surface area (Å²) in [6.07, 6.45) is 3.71. The highest BCUT2D eigenvalue weighted by Gasteiger charge is 2.16. The van der Waals surface area contributed by atoms with E-state index in [9.17, 15) is 4.79 Å². The third kappa shape index (κ3) is 3.59. The van der Waals surface area contributed by atoms with E-state index in [2.05, 4.69) is 4.90 Å². The zero-order valence-corrected chi connectivity index (χ0v) is 12.8. The van der Waals surface area contributed by atoms with Gasteiger partial charge in [0.2, 0.25) is 0 Å². The number of carbonyl (C=O) groups is 1. The number of ether oxygens (including phenoxy) is 1. The van der Waals surface area contributed by atoms with E-state index in [-0.39, 0.29) is 17.9 Å². The van der Waals surface area contributed by atoms with E-state index in [0.29, 0.717) is 5.56 Å². The minimum atomic E-state index is -0.678. The molecular weight excluding hydrogens is 278 g/mol. The van der Waals surface area contributed by atoms with E-state index in [4.69, 9.17) is 15.7 Å². The molecule has 0 spiro atoms. The second-order valence-electron chi connectivity index (χ2n) is 5.22. The standard InChI is InChI=1S/C17H21N3O2/c1-2-22-17(21)15(12-18)16(19)13-6-8-14(9-7-13)20-10-4-3-5-11-20/h6-9H,2-5,10-11,19H2,1H3/b16-15-. The minimum Gasteiger partial charge on any atom is -0.462 e. The molecule has 1 heterocycles. The molecule has 1 fully saturated rings. The monoisotopic (exact) mass is 299 g/mol. The van der Waals surface area contributed by atoms with Crippen LogP contribution in [0, 0.1) is 11.3 Å². The number of hydrogen-bond acceptors (Lipinski definition) is 5. The van der Waals surface area contributed by atoms with Crippen LogP contribution in [0.4, 0.5) is 5.69 Å². The maximum Gasteiger partial charge on any atom is 0.351 e. The molecule has 1 saturated heterocycles. The first-order valence-corrected chi connectivity index (χ1v) is 7.59. The Kier molecular flexibility index (Phi) is 5.42. The molecule has 2 rings (SSSR count). The molecule has 5 nitrogen and oxygen atoms in total. The summed E-state index contributed by atoms with van der Waals surface area (Å²) >= 11 is 0. The summed E-state index contributed by atoms with van der Waals surface area (Å²) in [6, 6.07) is 9.48. The Morgan fingerprint density at radius 1 is 1.27 bits per heavy atom. The van der Waals surface area contributed by atoms with Gasteiger partial charge in [-0.05, 0) is 43.9 Å². The van der Waals surface area contributed by atoms with Crippen LogP contribution in [0.5, 0.6) is 0 Å². The quantitative estimate of drug-likeness (QED) is 0.525. The highest BCUT2D eigenvalue weighted by atomic mass is 16.5. The zero-order valence-electron chi connectivity index (χ0n) is 12.8. The minimum absolute atomic E-state index is 0.146. The zero-order chi connectivity index (χ0) is 15.9. The molecule has 0 aromatic heterocycles. The molecule has 0 saturated carbocycles. The van der Waals surface area contributed by atoms with Crippen LogP contribution in [0.1, 0.15) is 31.7 Å². The fourth-order valence-corrected chi connectivity index (χ4v) is 2.57. The first-order valence-electron chi connectivity index (χ1n) is 7.59. The molecule has 116 valence electrons. The molecule has 1 aliphatic rings. The Labute approximate surface area is 131 Å². The Morgan fingerprint density at radius 2 is 1.91 bits per heavy atom. The van der Waals surface area contributed by atoms with Gasteiger partial charge in [0.15, 0.2) is 5.57 Å². The molecule has 0 aliphatic carbocycles. The van der Waals surface area contributed by atoms with E-state index in [0.717, 1.165) is 18.8 Å². The highest BCUT2D eigenvalue weighted by Crippen LogP contribution is 2.22. The van der Waals surface area contributed by atoms with E-state index >= 15 is 0 Å².